The lowest BCUT2D eigenvalue weighted by atomic mass is 9.99. The van der Waals surface area contributed by atoms with Gasteiger partial charge < -0.3 is 4.74 Å². The molecule has 30 heavy (non-hydrogen) atoms. The zero-order valence-electron chi connectivity index (χ0n) is 15.1. The predicted molar refractivity (Wildman–Crippen MR) is 106 cm³/mol. The highest BCUT2D eigenvalue weighted by atomic mass is 35.5. The second-order valence-electron chi connectivity index (χ2n) is 6.55. The van der Waals surface area contributed by atoms with E-state index in [1.165, 1.54) is 18.5 Å². The number of nitrogens with zero attached hydrogens (tertiary/aromatic N) is 2. The Balaban J connectivity index is 1.60. The minimum Gasteiger partial charge on any atom is -0.475 e. The molecule has 1 atom stereocenters. The topological polar surface area (TPSA) is 34.5 Å². The first-order valence-electron chi connectivity index (χ1n) is 8.71. The van der Waals surface area contributed by atoms with Crippen LogP contribution in [0.2, 0.25) is 10.0 Å². The minimum atomic E-state index is -4.76. The van der Waals surface area contributed by atoms with Crippen LogP contribution < -0.4 is 0 Å². The maximum atomic E-state index is 13.5. The molecule has 3 aromatic rings. The van der Waals surface area contributed by atoms with E-state index in [-0.39, 0.29) is 18.2 Å². The van der Waals surface area contributed by atoms with Gasteiger partial charge in [0.05, 0.1) is 21.2 Å². The first-order valence-corrected chi connectivity index (χ1v) is 9.46. The number of alkyl halides is 3. The molecule has 1 aliphatic heterocycles. The zero-order chi connectivity index (χ0) is 21.5. The Hall–Kier alpha value is -2.64. The summed E-state index contributed by atoms with van der Waals surface area (Å²) in [5, 5.41) is 0.628. The lowest BCUT2D eigenvalue weighted by Gasteiger charge is -2.11. The van der Waals surface area contributed by atoms with Crippen molar-refractivity contribution in [3.05, 3.63) is 87.4 Å². The van der Waals surface area contributed by atoms with Gasteiger partial charge in [-0.05, 0) is 28.8 Å². The summed E-state index contributed by atoms with van der Waals surface area (Å²) in [6, 6.07) is 9.38. The van der Waals surface area contributed by atoms with Gasteiger partial charge in [-0.2, -0.15) is 13.2 Å². The standard InChI is InChI=1S/C21H12Cl2F4N2O/c22-15-8-28-9-16(23)19(15)20-29-18(10-30-20)12-3-1-11(2-4-12)13-5-6-17(24)14(7-13)21(25,26)27/h1-9,18H,10H2. The molecule has 1 aliphatic rings. The molecule has 2 heterocycles. The van der Waals surface area contributed by atoms with Crippen LogP contribution in [0.3, 0.4) is 0 Å². The Kier molecular flexibility index (Phi) is 5.42. The molecule has 4 rings (SSSR count). The molecule has 0 fully saturated rings. The van der Waals surface area contributed by atoms with Crippen LogP contribution >= 0.6 is 23.2 Å². The average Bonchev–Trinajstić information content (AvgIpc) is 3.17. The smallest absolute Gasteiger partial charge is 0.419 e. The number of rotatable bonds is 3. The molecule has 0 amide bonds. The predicted octanol–water partition coefficient (Wildman–Crippen LogP) is 6.73. The highest BCUT2D eigenvalue weighted by Crippen LogP contribution is 2.35. The molecule has 1 aromatic heterocycles. The summed E-state index contributed by atoms with van der Waals surface area (Å²) in [7, 11) is 0. The highest BCUT2D eigenvalue weighted by molar-refractivity contribution is 6.39. The number of benzene rings is 2. The Morgan fingerprint density at radius 2 is 1.57 bits per heavy atom. The van der Waals surface area contributed by atoms with Crippen molar-refractivity contribution in [1.82, 2.24) is 4.98 Å². The fourth-order valence-corrected chi connectivity index (χ4v) is 3.64. The first kappa shape index (κ1) is 20.6. The molecule has 1 unspecified atom stereocenters. The fraction of sp³-hybridized carbons (Fsp3) is 0.143. The van der Waals surface area contributed by atoms with Gasteiger partial charge in [-0.15, -0.1) is 0 Å². The third-order valence-electron chi connectivity index (χ3n) is 4.62. The number of hydrogen-bond acceptors (Lipinski definition) is 3. The number of hydrogen-bond donors (Lipinski definition) is 0. The molecule has 154 valence electrons. The first-order chi connectivity index (χ1) is 14.2. The van der Waals surface area contributed by atoms with Gasteiger partial charge in [-0.25, -0.2) is 9.38 Å². The largest absolute Gasteiger partial charge is 0.475 e. The summed E-state index contributed by atoms with van der Waals surface area (Å²) < 4.78 is 58.0. The van der Waals surface area contributed by atoms with E-state index in [4.69, 9.17) is 27.9 Å². The highest BCUT2D eigenvalue weighted by Gasteiger charge is 2.34. The van der Waals surface area contributed by atoms with E-state index >= 15 is 0 Å². The Morgan fingerprint density at radius 1 is 0.933 bits per heavy atom. The lowest BCUT2D eigenvalue weighted by molar-refractivity contribution is -0.139. The summed E-state index contributed by atoms with van der Waals surface area (Å²) >= 11 is 12.3. The molecule has 0 radical (unpaired) electrons. The van der Waals surface area contributed by atoms with Gasteiger partial charge >= 0.3 is 6.18 Å². The molecular weight excluding hydrogens is 443 g/mol. The maximum Gasteiger partial charge on any atom is 0.419 e. The van der Waals surface area contributed by atoms with E-state index in [0.717, 1.165) is 17.7 Å². The number of ether oxygens (including phenoxy) is 1. The fourth-order valence-electron chi connectivity index (χ4n) is 3.12. The minimum absolute atomic E-state index is 0.262. The van der Waals surface area contributed by atoms with Gasteiger partial charge in [0.25, 0.3) is 0 Å². The molecule has 0 aliphatic carbocycles. The van der Waals surface area contributed by atoms with Crippen molar-refractivity contribution in [2.75, 3.05) is 6.61 Å². The van der Waals surface area contributed by atoms with Crippen LogP contribution in [0, 0.1) is 5.82 Å². The quantitative estimate of drug-likeness (QED) is 0.411. The third kappa shape index (κ3) is 4.00. The van der Waals surface area contributed by atoms with Gasteiger partial charge in [0, 0.05) is 12.4 Å². The van der Waals surface area contributed by atoms with Gasteiger partial charge in [0.2, 0.25) is 5.90 Å². The van der Waals surface area contributed by atoms with Crippen molar-refractivity contribution in [1.29, 1.82) is 0 Å². The Morgan fingerprint density at radius 3 is 2.20 bits per heavy atom. The second kappa shape index (κ2) is 7.89. The Labute approximate surface area is 178 Å². The molecule has 0 N–H and O–H groups in total. The van der Waals surface area contributed by atoms with Crippen LogP contribution in [0.5, 0.6) is 0 Å². The summed E-state index contributed by atoms with van der Waals surface area (Å²) in [4.78, 5) is 8.40. The number of halogens is 6. The SMILES string of the molecule is Fc1ccc(-c2ccc(C3COC(c4c(Cl)cncc4Cl)=N3)cc2)cc1C(F)(F)F. The monoisotopic (exact) mass is 454 g/mol. The van der Waals surface area contributed by atoms with E-state index in [2.05, 4.69) is 9.98 Å². The maximum absolute atomic E-state index is 13.5. The van der Waals surface area contributed by atoms with E-state index in [1.54, 1.807) is 24.3 Å². The molecular formula is C21H12Cl2F4N2O. The van der Waals surface area contributed by atoms with Crippen molar-refractivity contribution in [3.63, 3.8) is 0 Å². The van der Waals surface area contributed by atoms with Crippen LogP contribution in [-0.4, -0.2) is 17.5 Å². The van der Waals surface area contributed by atoms with E-state index in [9.17, 15) is 17.6 Å². The normalized spacial score (nSPS) is 16.3. The van der Waals surface area contributed by atoms with Crippen molar-refractivity contribution >= 4 is 29.1 Å². The summed E-state index contributed by atoms with van der Waals surface area (Å²) in [6.07, 6.45) is -1.88. The molecule has 0 saturated carbocycles. The van der Waals surface area contributed by atoms with Crippen LogP contribution in [0.15, 0.2) is 59.9 Å². The molecule has 9 heteroatoms. The molecule has 2 aromatic carbocycles. The molecule has 0 spiro atoms. The second-order valence-corrected chi connectivity index (χ2v) is 7.37. The zero-order valence-corrected chi connectivity index (χ0v) is 16.6. The van der Waals surface area contributed by atoms with Crippen molar-refractivity contribution in [2.45, 2.75) is 12.2 Å². The van der Waals surface area contributed by atoms with Crippen molar-refractivity contribution in [2.24, 2.45) is 4.99 Å². The molecule has 0 saturated heterocycles. The molecule has 0 bridgehead atoms. The van der Waals surface area contributed by atoms with Gasteiger partial charge in [0.15, 0.2) is 0 Å². The van der Waals surface area contributed by atoms with Crippen molar-refractivity contribution in [3.8, 4) is 11.1 Å². The summed E-state index contributed by atoms with van der Waals surface area (Å²) in [5.74, 6) is -1.00. The van der Waals surface area contributed by atoms with Crippen LogP contribution in [-0.2, 0) is 10.9 Å². The number of aliphatic imine (C=N–C) groups is 1. The number of pyridine rings is 1. The summed E-state index contributed by atoms with van der Waals surface area (Å²) in [5.41, 5.74) is 0.741. The van der Waals surface area contributed by atoms with Crippen LogP contribution in [0.4, 0.5) is 17.6 Å². The van der Waals surface area contributed by atoms with Crippen LogP contribution in [0.25, 0.3) is 11.1 Å². The molecule has 3 nitrogen and oxygen atoms in total. The summed E-state index contributed by atoms with van der Waals surface area (Å²) in [6.45, 7) is 0.262. The average molecular weight is 455 g/mol. The van der Waals surface area contributed by atoms with Gasteiger partial charge in [-0.3, -0.25) is 4.98 Å². The van der Waals surface area contributed by atoms with E-state index < -0.39 is 17.6 Å². The van der Waals surface area contributed by atoms with E-state index in [1.807, 2.05) is 0 Å². The van der Waals surface area contributed by atoms with Gasteiger partial charge in [-0.1, -0.05) is 53.5 Å². The number of aromatic nitrogens is 1. The lowest BCUT2D eigenvalue weighted by Crippen LogP contribution is -2.08. The Bertz CT molecular complexity index is 1110. The third-order valence-corrected chi connectivity index (χ3v) is 5.19. The van der Waals surface area contributed by atoms with Crippen LogP contribution in [0.1, 0.15) is 22.7 Å². The van der Waals surface area contributed by atoms with Gasteiger partial charge in [0.1, 0.15) is 18.5 Å². The van der Waals surface area contributed by atoms with Crippen molar-refractivity contribution < 1.29 is 22.3 Å². The van der Waals surface area contributed by atoms with E-state index in [0.29, 0.717) is 27.1 Å².